The maximum Gasteiger partial charge on any atom is 0.255 e. The van der Waals surface area contributed by atoms with Crippen molar-refractivity contribution in [3.63, 3.8) is 0 Å². The number of nitrogens with two attached hydrogens (primary N) is 1. The van der Waals surface area contributed by atoms with E-state index in [-0.39, 0.29) is 43.1 Å². The van der Waals surface area contributed by atoms with Crippen molar-refractivity contribution in [2.75, 3.05) is 13.1 Å². The van der Waals surface area contributed by atoms with Crippen LogP contribution in [0.5, 0.6) is 0 Å². The highest BCUT2D eigenvalue weighted by Crippen LogP contribution is 2.28. The molecule has 1 saturated heterocycles. The molecule has 0 aliphatic carbocycles. The van der Waals surface area contributed by atoms with Gasteiger partial charge in [-0.2, -0.15) is 0 Å². The van der Waals surface area contributed by atoms with Gasteiger partial charge in [0.1, 0.15) is 6.04 Å². The van der Waals surface area contributed by atoms with Crippen LogP contribution < -0.4 is 16.4 Å². The van der Waals surface area contributed by atoms with Gasteiger partial charge in [-0.3, -0.25) is 24.5 Å². The average molecular weight is 437 g/mol. The standard InChI is InChI=1S/C21H28N4O4.ClH/c22-10-4-2-1-3-5-11-23-19(27)14-6-7-16-15(12-14)13-25(21(16)29)17-8-9-18(26)24-20(17)28;/h6-7,12,17H,1-5,8-11,13,22H2,(H,23,27)(H,24,26,28);1H. The van der Waals surface area contributed by atoms with E-state index in [1.807, 2.05) is 0 Å². The monoisotopic (exact) mass is 436 g/mol. The number of fused-ring (bicyclic) bond motifs is 1. The molecule has 0 aromatic heterocycles. The van der Waals surface area contributed by atoms with Gasteiger partial charge in [-0.1, -0.05) is 19.3 Å². The molecule has 3 rings (SSSR count). The van der Waals surface area contributed by atoms with Crippen LogP contribution in [0, 0.1) is 0 Å². The second-order valence-corrected chi connectivity index (χ2v) is 7.58. The summed E-state index contributed by atoms with van der Waals surface area (Å²) in [6.45, 7) is 1.60. The molecule has 4 N–H and O–H groups in total. The van der Waals surface area contributed by atoms with Crippen molar-refractivity contribution >= 4 is 36.0 Å². The number of carbonyl (C=O) groups excluding carboxylic acids is 4. The number of nitrogens with one attached hydrogen (secondary N) is 2. The van der Waals surface area contributed by atoms with E-state index in [0.29, 0.717) is 24.1 Å². The van der Waals surface area contributed by atoms with E-state index in [2.05, 4.69) is 10.6 Å². The summed E-state index contributed by atoms with van der Waals surface area (Å²) in [5.74, 6) is -1.15. The van der Waals surface area contributed by atoms with E-state index in [1.165, 1.54) is 4.90 Å². The summed E-state index contributed by atoms with van der Waals surface area (Å²) >= 11 is 0. The number of unbranched alkanes of at least 4 members (excludes halogenated alkanes) is 4. The number of hydrogen-bond acceptors (Lipinski definition) is 5. The topological polar surface area (TPSA) is 122 Å². The normalized spacial score (nSPS) is 18.0. The first-order valence-corrected chi connectivity index (χ1v) is 10.3. The summed E-state index contributed by atoms with van der Waals surface area (Å²) in [5.41, 5.74) is 7.21. The SMILES string of the molecule is Cl.NCCCCCCCNC(=O)c1ccc2c(c1)CN(C1CCC(=O)NC1=O)C2=O. The lowest BCUT2D eigenvalue weighted by Crippen LogP contribution is -2.52. The number of nitrogens with zero attached hydrogens (tertiary/aromatic N) is 1. The first kappa shape index (κ1) is 23.8. The molecule has 1 aromatic carbocycles. The van der Waals surface area contributed by atoms with Gasteiger partial charge in [0, 0.05) is 30.6 Å². The highest BCUT2D eigenvalue weighted by atomic mass is 35.5. The van der Waals surface area contributed by atoms with Crippen molar-refractivity contribution in [3.05, 3.63) is 34.9 Å². The van der Waals surface area contributed by atoms with Crippen molar-refractivity contribution in [1.29, 1.82) is 0 Å². The Bertz CT molecular complexity index is 814. The Labute approximate surface area is 182 Å². The largest absolute Gasteiger partial charge is 0.352 e. The van der Waals surface area contributed by atoms with Gasteiger partial charge in [0.2, 0.25) is 11.8 Å². The minimum absolute atomic E-state index is 0. The van der Waals surface area contributed by atoms with E-state index in [0.717, 1.165) is 44.2 Å². The molecule has 0 radical (unpaired) electrons. The molecule has 1 atom stereocenters. The second-order valence-electron chi connectivity index (χ2n) is 7.58. The van der Waals surface area contributed by atoms with E-state index in [1.54, 1.807) is 18.2 Å². The van der Waals surface area contributed by atoms with Gasteiger partial charge in [0.25, 0.3) is 11.8 Å². The average Bonchev–Trinajstić information content (AvgIpc) is 3.03. The van der Waals surface area contributed by atoms with Crippen molar-refractivity contribution in [2.45, 2.75) is 57.5 Å². The molecule has 4 amide bonds. The number of carbonyl (C=O) groups is 4. The molecule has 2 heterocycles. The lowest BCUT2D eigenvalue weighted by atomic mass is 10.0. The first-order chi connectivity index (χ1) is 14.0. The van der Waals surface area contributed by atoms with Gasteiger partial charge in [-0.05, 0) is 49.6 Å². The number of hydrogen-bond donors (Lipinski definition) is 3. The number of amides is 4. The molecule has 1 fully saturated rings. The molecule has 30 heavy (non-hydrogen) atoms. The summed E-state index contributed by atoms with van der Waals surface area (Å²) in [6.07, 6.45) is 5.79. The molecule has 0 spiro atoms. The fraction of sp³-hybridized carbons (Fsp3) is 0.524. The Morgan fingerprint density at radius 1 is 1.13 bits per heavy atom. The zero-order valence-corrected chi connectivity index (χ0v) is 17.8. The van der Waals surface area contributed by atoms with Gasteiger partial charge >= 0.3 is 0 Å². The molecular formula is C21H29ClN4O4. The van der Waals surface area contributed by atoms with Crippen molar-refractivity contribution in [2.24, 2.45) is 5.73 Å². The van der Waals surface area contributed by atoms with E-state index >= 15 is 0 Å². The fourth-order valence-electron chi connectivity index (χ4n) is 3.82. The molecule has 2 aliphatic heterocycles. The molecular weight excluding hydrogens is 408 g/mol. The summed E-state index contributed by atoms with van der Waals surface area (Å²) in [4.78, 5) is 50.0. The highest BCUT2D eigenvalue weighted by molar-refractivity contribution is 6.06. The lowest BCUT2D eigenvalue weighted by molar-refractivity contribution is -0.136. The van der Waals surface area contributed by atoms with Crippen molar-refractivity contribution in [3.8, 4) is 0 Å². The minimum atomic E-state index is -0.649. The Morgan fingerprint density at radius 2 is 1.87 bits per heavy atom. The summed E-state index contributed by atoms with van der Waals surface area (Å²) < 4.78 is 0. The quantitative estimate of drug-likeness (QED) is 0.400. The Hall–Kier alpha value is -2.45. The first-order valence-electron chi connectivity index (χ1n) is 10.3. The molecule has 8 nitrogen and oxygen atoms in total. The fourth-order valence-corrected chi connectivity index (χ4v) is 3.82. The number of piperidine rings is 1. The van der Waals surface area contributed by atoms with Crippen LogP contribution >= 0.6 is 12.4 Å². The van der Waals surface area contributed by atoms with Crippen LogP contribution in [0.15, 0.2) is 18.2 Å². The van der Waals surface area contributed by atoms with Crippen LogP contribution in [0.3, 0.4) is 0 Å². The van der Waals surface area contributed by atoms with Crippen LogP contribution in [0.4, 0.5) is 0 Å². The van der Waals surface area contributed by atoms with Crippen LogP contribution in [-0.2, 0) is 16.1 Å². The van der Waals surface area contributed by atoms with Gasteiger partial charge in [-0.15, -0.1) is 12.4 Å². The zero-order chi connectivity index (χ0) is 20.8. The summed E-state index contributed by atoms with van der Waals surface area (Å²) in [5, 5.41) is 5.20. The predicted molar refractivity (Wildman–Crippen MR) is 114 cm³/mol. The Morgan fingerprint density at radius 3 is 2.60 bits per heavy atom. The second kappa shape index (κ2) is 11.1. The molecule has 2 aliphatic rings. The number of halogens is 1. The summed E-state index contributed by atoms with van der Waals surface area (Å²) in [6, 6.07) is 4.35. The van der Waals surface area contributed by atoms with Gasteiger partial charge in [0.15, 0.2) is 0 Å². The molecule has 9 heteroatoms. The van der Waals surface area contributed by atoms with Crippen LogP contribution in [0.1, 0.15) is 71.2 Å². The number of rotatable bonds is 9. The van der Waals surface area contributed by atoms with Crippen molar-refractivity contribution in [1.82, 2.24) is 15.5 Å². The van der Waals surface area contributed by atoms with Crippen molar-refractivity contribution < 1.29 is 19.2 Å². The third-order valence-electron chi connectivity index (χ3n) is 5.45. The van der Waals surface area contributed by atoms with Gasteiger partial charge in [0.05, 0.1) is 0 Å². The third kappa shape index (κ3) is 5.58. The highest BCUT2D eigenvalue weighted by Gasteiger charge is 2.39. The van der Waals surface area contributed by atoms with E-state index in [9.17, 15) is 19.2 Å². The summed E-state index contributed by atoms with van der Waals surface area (Å²) in [7, 11) is 0. The van der Waals surface area contributed by atoms with Crippen LogP contribution in [0.2, 0.25) is 0 Å². The molecule has 164 valence electrons. The smallest absolute Gasteiger partial charge is 0.255 e. The van der Waals surface area contributed by atoms with Gasteiger partial charge in [-0.25, -0.2) is 0 Å². The Balaban J connectivity index is 0.00000320. The Kier molecular flexibility index (Phi) is 8.80. The number of imide groups is 1. The predicted octanol–water partition coefficient (Wildman–Crippen LogP) is 1.51. The van der Waals surface area contributed by atoms with Crippen LogP contribution in [-0.4, -0.2) is 47.7 Å². The molecule has 0 saturated carbocycles. The molecule has 0 bridgehead atoms. The zero-order valence-electron chi connectivity index (χ0n) is 16.9. The molecule has 1 aromatic rings. The molecule has 1 unspecified atom stereocenters. The van der Waals surface area contributed by atoms with Gasteiger partial charge < -0.3 is 16.0 Å². The van der Waals surface area contributed by atoms with E-state index < -0.39 is 11.9 Å². The van der Waals surface area contributed by atoms with E-state index in [4.69, 9.17) is 5.73 Å². The minimum Gasteiger partial charge on any atom is -0.352 e. The number of benzene rings is 1. The lowest BCUT2D eigenvalue weighted by Gasteiger charge is -2.29. The van der Waals surface area contributed by atoms with Crippen LogP contribution in [0.25, 0.3) is 0 Å². The third-order valence-corrected chi connectivity index (χ3v) is 5.45. The maximum atomic E-state index is 12.7. The maximum absolute atomic E-state index is 12.7.